The number of phenolic OH excluding ortho intramolecular Hbond substituents is 1. The van der Waals surface area contributed by atoms with Crippen molar-refractivity contribution in [1.82, 2.24) is 26.3 Å². The van der Waals surface area contributed by atoms with Gasteiger partial charge in [-0.15, -0.1) is 0 Å². The molecule has 218 valence electrons. The molecule has 4 rings (SSSR count). The summed E-state index contributed by atoms with van der Waals surface area (Å²) in [6.07, 6.45) is -1.19. The molecule has 0 saturated carbocycles. The average molecular weight is 568 g/mol. The molecular formula is C27H33N7O7. The maximum Gasteiger partial charge on any atom is 0.322 e. The maximum absolute atomic E-state index is 12.4. The largest absolute Gasteiger partial charge is 0.508 e. The first-order valence-corrected chi connectivity index (χ1v) is 12.9. The minimum atomic E-state index is -1.33. The Morgan fingerprint density at radius 3 is 2.71 bits per heavy atom. The van der Waals surface area contributed by atoms with Gasteiger partial charge >= 0.3 is 5.97 Å². The van der Waals surface area contributed by atoms with Crippen LogP contribution in [0.4, 0.5) is 5.69 Å². The SMILES string of the molecule is CC(NC(CNC(=O)CNC(O)c1cc(O)cc(NC2=NCC(O)CN2)c1)C(=O)O)c1[nH]c2ccccc2c1C=O. The number of rotatable bonds is 12. The van der Waals surface area contributed by atoms with Crippen molar-refractivity contribution in [3.63, 3.8) is 0 Å². The lowest BCUT2D eigenvalue weighted by atomic mass is 10.1. The number of aliphatic imine (C=N–C) groups is 1. The Balaban J connectivity index is 1.30. The molecule has 2 aromatic carbocycles. The molecular weight excluding hydrogens is 534 g/mol. The number of aromatic hydroxyl groups is 1. The molecule has 0 aliphatic carbocycles. The molecule has 0 radical (unpaired) electrons. The zero-order valence-electron chi connectivity index (χ0n) is 22.2. The lowest BCUT2D eigenvalue weighted by Crippen LogP contribution is -2.48. The molecule has 14 nitrogen and oxygen atoms in total. The highest BCUT2D eigenvalue weighted by Gasteiger charge is 2.24. The molecule has 1 aromatic heterocycles. The van der Waals surface area contributed by atoms with E-state index in [1.165, 1.54) is 12.1 Å². The standard InChI is InChI=1S/C27H33N7O7/c1-14(24-20(13-35)19-4-2-3-5-21(19)34-24)32-22(26(40)41)11-28-23(38)12-29-25(39)15-6-16(8-17(36)7-15)33-27-30-9-18(37)10-31-27/h2-8,13-14,18,22,25,29,32,34,36-37,39H,9-12H2,1H3,(H,28,38)(H,40,41)(H2,30,31,33). The lowest BCUT2D eigenvalue weighted by molar-refractivity contribution is -0.139. The number of fused-ring (bicyclic) bond motifs is 1. The smallest absolute Gasteiger partial charge is 0.322 e. The van der Waals surface area contributed by atoms with Crippen molar-refractivity contribution in [2.45, 2.75) is 31.3 Å². The van der Waals surface area contributed by atoms with Gasteiger partial charge in [-0.2, -0.15) is 0 Å². The molecule has 10 N–H and O–H groups in total. The van der Waals surface area contributed by atoms with Crippen LogP contribution < -0.4 is 26.6 Å². The number of amides is 1. The highest BCUT2D eigenvalue weighted by Crippen LogP contribution is 2.26. The normalized spacial score (nSPS) is 17.1. The van der Waals surface area contributed by atoms with E-state index < -0.39 is 36.3 Å². The number of para-hydroxylation sites is 1. The van der Waals surface area contributed by atoms with Gasteiger partial charge in [0, 0.05) is 58.6 Å². The zero-order valence-corrected chi connectivity index (χ0v) is 22.2. The molecule has 0 saturated heterocycles. The van der Waals surface area contributed by atoms with E-state index in [4.69, 9.17) is 0 Å². The van der Waals surface area contributed by atoms with Gasteiger partial charge < -0.3 is 41.4 Å². The fraction of sp³-hybridized carbons (Fsp3) is 0.333. The fourth-order valence-corrected chi connectivity index (χ4v) is 4.46. The van der Waals surface area contributed by atoms with Crippen molar-refractivity contribution in [1.29, 1.82) is 0 Å². The van der Waals surface area contributed by atoms with Crippen LogP contribution in [0.25, 0.3) is 10.9 Å². The van der Waals surface area contributed by atoms with Crippen LogP contribution in [0.3, 0.4) is 0 Å². The molecule has 1 amide bonds. The van der Waals surface area contributed by atoms with Crippen LogP contribution in [0.1, 0.15) is 40.8 Å². The second-order valence-corrected chi connectivity index (χ2v) is 9.64. The van der Waals surface area contributed by atoms with E-state index in [0.717, 1.165) is 17.2 Å². The molecule has 0 fully saturated rings. The number of aromatic nitrogens is 1. The number of hydrogen-bond donors (Lipinski definition) is 10. The monoisotopic (exact) mass is 567 g/mol. The third kappa shape index (κ3) is 7.58. The highest BCUT2D eigenvalue weighted by atomic mass is 16.4. The number of phenols is 1. The number of aldehydes is 1. The second-order valence-electron chi connectivity index (χ2n) is 9.64. The van der Waals surface area contributed by atoms with Crippen molar-refractivity contribution >= 4 is 40.7 Å². The van der Waals surface area contributed by atoms with Gasteiger partial charge in [0.2, 0.25) is 5.91 Å². The molecule has 4 atom stereocenters. The Labute approximate surface area is 234 Å². The van der Waals surface area contributed by atoms with Crippen LogP contribution in [-0.4, -0.2) is 87.9 Å². The second kappa shape index (κ2) is 13.2. The number of aromatic amines is 1. The Morgan fingerprint density at radius 1 is 1.22 bits per heavy atom. The Hall–Kier alpha value is -4.50. The van der Waals surface area contributed by atoms with Gasteiger partial charge in [0.25, 0.3) is 0 Å². The van der Waals surface area contributed by atoms with Gasteiger partial charge in [-0.3, -0.25) is 30.0 Å². The number of β-amino-alcohol motifs (C(OH)–C–C–N with tert-alkyl or cyclic N) is 1. The summed E-state index contributed by atoms with van der Waals surface area (Å²) in [5.74, 6) is -1.50. The van der Waals surface area contributed by atoms with Gasteiger partial charge in [-0.05, 0) is 25.1 Å². The summed E-state index contributed by atoms with van der Waals surface area (Å²) < 4.78 is 0. The number of carboxylic acids is 1. The number of carbonyl (C=O) groups excluding carboxylic acids is 2. The number of carbonyl (C=O) groups is 3. The third-order valence-electron chi connectivity index (χ3n) is 6.52. The number of nitrogens with one attached hydrogen (secondary N) is 6. The van der Waals surface area contributed by atoms with Crippen LogP contribution in [0.15, 0.2) is 47.5 Å². The van der Waals surface area contributed by atoms with Gasteiger partial charge in [0.1, 0.15) is 18.0 Å². The van der Waals surface area contributed by atoms with E-state index in [9.17, 15) is 34.8 Å². The topological polar surface area (TPSA) is 220 Å². The van der Waals surface area contributed by atoms with Gasteiger partial charge in [-0.25, -0.2) is 0 Å². The molecule has 1 aliphatic heterocycles. The van der Waals surface area contributed by atoms with E-state index >= 15 is 0 Å². The number of hydrogen-bond acceptors (Lipinski definition) is 11. The van der Waals surface area contributed by atoms with Crippen molar-refractivity contribution in [2.24, 2.45) is 4.99 Å². The van der Waals surface area contributed by atoms with E-state index in [-0.39, 0.29) is 30.9 Å². The number of aliphatic carboxylic acids is 1. The number of anilines is 1. The summed E-state index contributed by atoms with van der Waals surface area (Å²) in [5.41, 5.74) is 2.40. The molecule has 0 bridgehead atoms. The van der Waals surface area contributed by atoms with E-state index in [0.29, 0.717) is 29.4 Å². The number of aliphatic hydroxyl groups is 2. The Morgan fingerprint density at radius 2 is 2.00 bits per heavy atom. The Kier molecular flexibility index (Phi) is 9.52. The quantitative estimate of drug-likeness (QED) is 0.103. The summed E-state index contributed by atoms with van der Waals surface area (Å²) in [5, 5.41) is 54.5. The summed E-state index contributed by atoms with van der Waals surface area (Å²) >= 11 is 0. The molecule has 41 heavy (non-hydrogen) atoms. The fourth-order valence-electron chi connectivity index (χ4n) is 4.46. The van der Waals surface area contributed by atoms with Crippen LogP contribution in [0.2, 0.25) is 0 Å². The summed E-state index contributed by atoms with van der Waals surface area (Å²) in [4.78, 5) is 43.3. The van der Waals surface area contributed by atoms with Crippen molar-refractivity contribution in [3.05, 3.63) is 59.3 Å². The van der Waals surface area contributed by atoms with E-state index in [1.807, 2.05) is 12.1 Å². The molecule has 4 unspecified atom stereocenters. The number of H-pyrrole nitrogens is 1. The number of guanidine groups is 1. The van der Waals surface area contributed by atoms with Crippen molar-refractivity contribution < 1.29 is 34.8 Å². The minimum Gasteiger partial charge on any atom is -0.508 e. The molecule has 1 aliphatic rings. The molecule has 0 spiro atoms. The van der Waals surface area contributed by atoms with Crippen LogP contribution in [0, 0.1) is 0 Å². The highest BCUT2D eigenvalue weighted by molar-refractivity contribution is 5.99. The number of nitrogens with zero attached hydrogens (tertiary/aromatic N) is 1. The zero-order chi connectivity index (χ0) is 29.5. The van der Waals surface area contributed by atoms with E-state index in [2.05, 4.69) is 36.6 Å². The molecule has 2 heterocycles. The van der Waals surface area contributed by atoms with Crippen LogP contribution in [0.5, 0.6) is 5.75 Å². The number of benzene rings is 2. The summed E-state index contributed by atoms with van der Waals surface area (Å²) in [6, 6.07) is 9.82. The summed E-state index contributed by atoms with van der Waals surface area (Å²) in [7, 11) is 0. The average Bonchev–Trinajstić information content (AvgIpc) is 3.33. The number of aliphatic hydroxyl groups excluding tert-OH is 2. The van der Waals surface area contributed by atoms with Crippen LogP contribution >= 0.6 is 0 Å². The first-order valence-electron chi connectivity index (χ1n) is 12.9. The van der Waals surface area contributed by atoms with Crippen molar-refractivity contribution in [3.8, 4) is 5.75 Å². The van der Waals surface area contributed by atoms with Gasteiger partial charge in [-0.1, -0.05) is 18.2 Å². The van der Waals surface area contributed by atoms with E-state index in [1.54, 1.807) is 25.1 Å². The lowest BCUT2D eigenvalue weighted by Gasteiger charge is -2.21. The van der Waals surface area contributed by atoms with Crippen LogP contribution in [-0.2, 0) is 9.59 Å². The minimum absolute atomic E-state index is 0.135. The first-order chi connectivity index (χ1) is 19.6. The van der Waals surface area contributed by atoms with Crippen molar-refractivity contribution in [2.75, 3.05) is 31.5 Å². The molecule has 3 aromatic rings. The predicted octanol–water partition coefficient (Wildman–Crippen LogP) is -0.0813. The maximum atomic E-state index is 12.4. The van der Waals surface area contributed by atoms with Gasteiger partial charge in [0.15, 0.2) is 12.2 Å². The third-order valence-corrected chi connectivity index (χ3v) is 6.52. The first kappa shape index (κ1) is 29.5. The Bertz CT molecular complexity index is 1440. The summed E-state index contributed by atoms with van der Waals surface area (Å²) in [6.45, 7) is 1.66. The molecule has 14 heteroatoms. The predicted molar refractivity (Wildman–Crippen MR) is 151 cm³/mol. The number of carboxylic acid groups (broad SMARTS) is 1. The van der Waals surface area contributed by atoms with Gasteiger partial charge in [0.05, 0.1) is 19.2 Å².